The Morgan fingerprint density at radius 3 is 2.60 bits per heavy atom. The van der Waals surface area contributed by atoms with Crippen molar-refractivity contribution in [3.8, 4) is 0 Å². The van der Waals surface area contributed by atoms with Gasteiger partial charge in [0.15, 0.2) is 11.6 Å². The summed E-state index contributed by atoms with van der Waals surface area (Å²) in [6.07, 6.45) is 0.823. The average molecular weight is 303 g/mol. The maximum atomic E-state index is 13.1. The first-order chi connectivity index (χ1) is 9.47. The monoisotopic (exact) mass is 303 g/mol. The Bertz CT molecular complexity index is 488. The van der Waals surface area contributed by atoms with Gasteiger partial charge >= 0.3 is 0 Å². The second-order valence-corrected chi connectivity index (χ2v) is 6.90. The van der Waals surface area contributed by atoms with E-state index in [-0.39, 0.29) is 6.04 Å². The highest BCUT2D eigenvalue weighted by Gasteiger charge is 2.23. The smallest absolute Gasteiger partial charge is 0.159 e. The minimum absolute atomic E-state index is 0.285. The lowest BCUT2D eigenvalue weighted by atomic mass is 10.1. The van der Waals surface area contributed by atoms with E-state index in [2.05, 4.69) is 0 Å². The van der Waals surface area contributed by atoms with Crippen LogP contribution in [0.3, 0.4) is 0 Å². The number of benzene rings is 1. The average Bonchev–Trinajstić information content (AvgIpc) is 2.42. The van der Waals surface area contributed by atoms with Crippen LogP contribution in [-0.2, 0) is 10.8 Å². The first kappa shape index (κ1) is 15.5. The quantitative estimate of drug-likeness (QED) is 0.923. The minimum atomic E-state index is -0.947. The SMILES string of the molecule is CN(CC(O)c1ccc(F)c(F)c1)C1CCS(=O)CC1. The molecule has 0 amide bonds. The van der Waals surface area contributed by atoms with Crippen LogP contribution in [0.2, 0.25) is 0 Å². The Morgan fingerprint density at radius 2 is 2.00 bits per heavy atom. The molecule has 1 heterocycles. The van der Waals surface area contributed by atoms with Gasteiger partial charge in [0.25, 0.3) is 0 Å². The zero-order valence-corrected chi connectivity index (χ0v) is 12.2. The molecule has 0 spiro atoms. The highest BCUT2D eigenvalue weighted by atomic mass is 32.2. The molecular formula is C14H19F2NO2S. The van der Waals surface area contributed by atoms with Gasteiger partial charge in [0.1, 0.15) is 0 Å². The van der Waals surface area contributed by atoms with E-state index >= 15 is 0 Å². The fourth-order valence-electron chi connectivity index (χ4n) is 2.47. The Kier molecular flexibility index (Phi) is 5.23. The van der Waals surface area contributed by atoms with Crippen molar-refractivity contribution < 1.29 is 18.1 Å². The fraction of sp³-hybridized carbons (Fsp3) is 0.571. The Balaban J connectivity index is 1.94. The summed E-state index contributed by atoms with van der Waals surface area (Å²) in [6, 6.07) is 3.74. The molecule has 1 saturated heterocycles. The van der Waals surface area contributed by atoms with Gasteiger partial charge in [-0.25, -0.2) is 8.78 Å². The summed E-state index contributed by atoms with van der Waals surface area (Å²) in [6.45, 7) is 0.350. The molecule has 1 aliphatic heterocycles. The lowest BCUT2D eigenvalue weighted by Crippen LogP contribution is -2.39. The molecule has 112 valence electrons. The summed E-state index contributed by atoms with van der Waals surface area (Å²) in [5.41, 5.74) is 0.370. The second-order valence-electron chi connectivity index (χ2n) is 5.21. The van der Waals surface area contributed by atoms with E-state index in [4.69, 9.17) is 0 Å². The van der Waals surface area contributed by atoms with Crippen molar-refractivity contribution in [1.82, 2.24) is 4.90 Å². The highest BCUT2D eigenvalue weighted by Crippen LogP contribution is 2.20. The van der Waals surface area contributed by atoms with Gasteiger partial charge in [-0.1, -0.05) is 6.07 Å². The molecule has 2 rings (SSSR count). The normalized spacial score (nSPS) is 24.9. The summed E-state index contributed by atoms with van der Waals surface area (Å²) in [5, 5.41) is 10.1. The molecule has 1 fully saturated rings. The van der Waals surface area contributed by atoms with Gasteiger partial charge in [0.05, 0.1) is 6.10 Å². The zero-order chi connectivity index (χ0) is 14.7. The van der Waals surface area contributed by atoms with Crippen molar-refractivity contribution in [3.05, 3.63) is 35.4 Å². The highest BCUT2D eigenvalue weighted by molar-refractivity contribution is 7.85. The Hall–Kier alpha value is -0.850. The molecule has 1 N–H and O–H groups in total. The minimum Gasteiger partial charge on any atom is -0.387 e. The molecule has 0 aliphatic carbocycles. The molecule has 1 aromatic rings. The van der Waals surface area contributed by atoms with Crippen LogP contribution in [0, 0.1) is 11.6 Å². The standard InChI is InChI=1S/C14H19F2NO2S/c1-17(11-4-6-20(19)7-5-11)9-14(18)10-2-3-12(15)13(16)8-10/h2-3,8,11,14,18H,4-7,9H2,1H3. The van der Waals surface area contributed by atoms with Crippen LogP contribution in [0.4, 0.5) is 8.78 Å². The van der Waals surface area contributed by atoms with Crippen LogP contribution in [0.5, 0.6) is 0 Å². The molecule has 1 unspecified atom stereocenters. The van der Waals surface area contributed by atoms with Crippen LogP contribution in [0.25, 0.3) is 0 Å². The summed E-state index contributed by atoms with van der Waals surface area (Å²) in [5.74, 6) is -0.478. The van der Waals surface area contributed by atoms with E-state index in [0.717, 1.165) is 25.0 Å². The van der Waals surface area contributed by atoms with Gasteiger partial charge in [-0.15, -0.1) is 0 Å². The van der Waals surface area contributed by atoms with Gasteiger partial charge in [0.2, 0.25) is 0 Å². The van der Waals surface area contributed by atoms with Crippen molar-refractivity contribution in [3.63, 3.8) is 0 Å². The van der Waals surface area contributed by atoms with Crippen molar-refractivity contribution in [2.24, 2.45) is 0 Å². The topological polar surface area (TPSA) is 40.5 Å². The predicted octanol–water partition coefficient (Wildman–Crippen LogP) is 1.84. The lowest BCUT2D eigenvalue weighted by Gasteiger charge is -2.32. The third-order valence-corrected chi connectivity index (χ3v) is 5.15. The zero-order valence-electron chi connectivity index (χ0n) is 11.4. The molecular weight excluding hydrogens is 284 g/mol. The van der Waals surface area contributed by atoms with Crippen molar-refractivity contribution in [1.29, 1.82) is 0 Å². The number of hydrogen-bond donors (Lipinski definition) is 1. The Morgan fingerprint density at radius 1 is 1.35 bits per heavy atom. The van der Waals surface area contributed by atoms with E-state index in [9.17, 15) is 18.1 Å². The lowest BCUT2D eigenvalue weighted by molar-refractivity contribution is 0.101. The second kappa shape index (κ2) is 6.74. The maximum absolute atomic E-state index is 13.1. The van der Waals surface area contributed by atoms with Crippen LogP contribution in [0.1, 0.15) is 24.5 Å². The number of rotatable bonds is 4. The van der Waals surface area contributed by atoms with Gasteiger partial charge in [-0.05, 0) is 37.6 Å². The molecule has 20 heavy (non-hydrogen) atoms. The molecule has 1 atom stereocenters. The predicted molar refractivity (Wildman–Crippen MR) is 74.8 cm³/mol. The molecule has 1 aliphatic rings. The number of nitrogens with zero attached hydrogens (tertiary/aromatic N) is 1. The van der Waals surface area contributed by atoms with Gasteiger partial charge in [0, 0.05) is 34.9 Å². The van der Waals surface area contributed by atoms with E-state index in [1.807, 2.05) is 11.9 Å². The molecule has 0 radical (unpaired) electrons. The number of aliphatic hydroxyl groups is 1. The Labute approximate surface area is 120 Å². The molecule has 0 bridgehead atoms. The molecule has 0 aromatic heterocycles. The third-order valence-electron chi connectivity index (χ3n) is 3.77. The fourth-order valence-corrected chi connectivity index (χ4v) is 3.74. The van der Waals surface area contributed by atoms with Crippen molar-refractivity contribution in [2.75, 3.05) is 25.1 Å². The van der Waals surface area contributed by atoms with Crippen LogP contribution < -0.4 is 0 Å². The van der Waals surface area contributed by atoms with E-state index < -0.39 is 28.5 Å². The molecule has 3 nitrogen and oxygen atoms in total. The van der Waals surface area contributed by atoms with Gasteiger partial charge in [-0.3, -0.25) is 4.21 Å². The number of hydrogen-bond acceptors (Lipinski definition) is 3. The van der Waals surface area contributed by atoms with E-state index in [1.54, 1.807) is 0 Å². The number of likely N-dealkylation sites (N-methyl/N-ethyl adjacent to an activating group) is 1. The van der Waals surface area contributed by atoms with Crippen molar-refractivity contribution in [2.45, 2.75) is 25.0 Å². The summed E-state index contributed by atoms with van der Waals surface area (Å²) in [4.78, 5) is 2.00. The third kappa shape index (κ3) is 3.84. The van der Waals surface area contributed by atoms with E-state index in [0.29, 0.717) is 23.6 Å². The largest absolute Gasteiger partial charge is 0.387 e. The van der Waals surface area contributed by atoms with Crippen LogP contribution in [0.15, 0.2) is 18.2 Å². The maximum Gasteiger partial charge on any atom is 0.159 e. The van der Waals surface area contributed by atoms with Crippen LogP contribution >= 0.6 is 0 Å². The summed E-state index contributed by atoms with van der Waals surface area (Å²) >= 11 is 0. The van der Waals surface area contributed by atoms with Gasteiger partial charge < -0.3 is 10.0 Å². The molecule has 0 saturated carbocycles. The summed E-state index contributed by atoms with van der Waals surface area (Å²) in [7, 11) is 1.18. The number of aliphatic hydroxyl groups excluding tert-OH is 1. The first-order valence-electron chi connectivity index (χ1n) is 6.65. The van der Waals surface area contributed by atoms with Crippen LogP contribution in [-0.4, -0.2) is 45.4 Å². The molecule has 6 heteroatoms. The van der Waals surface area contributed by atoms with Crippen molar-refractivity contribution >= 4 is 10.8 Å². The molecule has 1 aromatic carbocycles. The van der Waals surface area contributed by atoms with Gasteiger partial charge in [-0.2, -0.15) is 0 Å². The van der Waals surface area contributed by atoms with E-state index in [1.165, 1.54) is 6.07 Å². The summed E-state index contributed by atoms with van der Waals surface area (Å²) < 4.78 is 37.3. The number of halogens is 2. The first-order valence-corrected chi connectivity index (χ1v) is 8.14.